The largest absolute Gasteiger partial charge is 0.271 e. The van der Waals surface area contributed by atoms with Gasteiger partial charge in [0.25, 0.3) is 0 Å². The lowest BCUT2D eigenvalue weighted by Crippen LogP contribution is -2.31. The standard InChI is InChI=1S/C15H22BrN5/c1-4-12-15(16)14(21(5-2)20-12)9-13(19-17)11-7-6-8-18-10(11)3/h6-8,13,19H,4-5,9,17H2,1-3H3. The van der Waals surface area contributed by atoms with E-state index in [4.69, 9.17) is 5.84 Å². The number of aryl methyl sites for hydroxylation is 3. The third-order valence-corrected chi connectivity index (χ3v) is 4.63. The highest BCUT2D eigenvalue weighted by molar-refractivity contribution is 9.10. The second-order valence-electron chi connectivity index (χ2n) is 4.98. The number of nitrogens with zero attached hydrogens (tertiary/aromatic N) is 3. The predicted molar refractivity (Wildman–Crippen MR) is 87.7 cm³/mol. The number of hydrazine groups is 1. The van der Waals surface area contributed by atoms with Gasteiger partial charge in [-0.2, -0.15) is 5.10 Å². The van der Waals surface area contributed by atoms with Crippen LogP contribution in [0, 0.1) is 6.92 Å². The van der Waals surface area contributed by atoms with Gasteiger partial charge in [0.1, 0.15) is 0 Å². The molecule has 0 fully saturated rings. The summed E-state index contributed by atoms with van der Waals surface area (Å²) >= 11 is 3.68. The molecular formula is C15H22BrN5. The van der Waals surface area contributed by atoms with E-state index in [1.807, 2.05) is 17.7 Å². The molecule has 0 aliphatic heterocycles. The Morgan fingerprint density at radius 3 is 2.76 bits per heavy atom. The molecule has 0 aromatic carbocycles. The molecule has 0 saturated carbocycles. The first-order chi connectivity index (χ1) is 10.1. The van der Waals surface area contributed by atoms with E-state index in [-0.39, 0.29) is 6.04 Å². The maximum absolute atomic E-state index is 5.78. The molecular weight excluding hydrogens is 330 g/mol. The molecule has 6 heteroatoms. The van der Waals surface area contributed by atoms with Gasteiger partial charge in [-0.1, -0.05) is 13.0 Å². The fraction of sp³-hybridized carbons (Fsp3) is 0.467. The molecule has 0 spiro atoms. The molecule has 1 unspecified atom stereocenters. The molecule has 0 radical (unpaired) electrons. The van der Waals surface area contributed by atoms with Crippen LogP contribution in [0.15, 0.2) is 22.8 Å². The van der Waals surface area contributed by atoms with E-state index >= 15 is 0 Å². The van der Waals surface area contributed by atoms with Crippen LogP contribution >= 0.6 is 15.9 Å². The molecule has 2 heterocycles. The number of pyridine rings is 1. The van der Waals surface area contributed by atoms with E-state index in [9.17, 15) is 0 Å². The number of hydrogen-bond donors (Lipinski definition) is 2. The van der Waals surface area contributed by atoms with Crippen molar-refractivity contribution in [2.75, 3.05) is 0 Å². The van der Waals surface area contributed by atoms with Crippen molar-refractivity contribution in [2.24, 2.45) is 5.84 Å². The molecule has 3 N–H and O–H groups in total. The average Bonchev–Trinajstić information content (AvgIpc) is 2.81. The van der Waals surface area contributed by atoms with Crippen LogP contribution in [0.4, 0.5) is 0 Å². The summed E-state index contributed by atoms with van der Waals surface area (Å²) in [5, 5.41) is 4.64. The van der Waals surface area contributed by atoms with E-state index in [1.54, 1.807) is 6.20 Å². The molecule has 2 aromatic rings. The first-order valence-electron chi connectivity index (χ1n) is 7.24. The molecule has 1 atom stereocenters. The molecule has 21 heavy (non-hydrogen) atoms. The summed E-state index contributed by atoms with van der Waals surface area (Å²) in [5.74, 6) is 5.78. The van der Waals surface area contributed by atoms with Crippen molar-refractivity contribution in [3.8, 4) is 0 Å². The highest BCUT2D eigenvalue weighted by Crippen LogP contribution is 2.27. The first kappa shape index (κ1) is 16.1. The van der Waals surface area contributed by atoms with Crippen molar-refractivity contribution in [1.82, 2.24) is 20.2 Å². The molecule has 0 saturated heterocycles. The van der Waals surface area contributed by atoms with E-state index in [0.717, 1.165) is 40.8 Å². The van der Waals surface area contributed by atoms with Crippen molar-refractivity contribution < 1.29 is 0 Å². The summed E-state index contributed by atoms with van der Waals surface area (Å²) < 4.78 is 3.13. The molecule has 0 bridgehead atoms. The number of nitrogens with two attached hydrogens (primary N) is 1. The van der Waals surface area contributed by atoms with Crippen LogP contribution in [-0.4, -0.2) is 14.8 Å². The van der Waals surface area contributed by atoms with Gasteiger partial charge in [-0.05, 0) is 47.8 Å². The minimum absolute atomic E-state index is 0.0155. The van der Waals surface area contributed by atoms with Gasteiger partial charge in [-0.15, -0.1) is 0 Å². The van der Waals surface area contributed by atoms with E-state index in [2.05, 4.69) is 51.4 Å². The normalized spacial score (nSPS) is 12.6. The first-order valence-corrected chi connectivity index (χ1v) is 8.03. The van der Waals surface area contributed by atoms with Crippen LogP contribution in [0.25, 0.3) is 0 Å². The van der Waals surface area contributed by atoms with Crippen LogP contribution in [0.5, 0.6) is 0 Å². The van der Waals surface area contributed by atoms with Gasteiger partial charge >= 0.3 is 0 Å². The molecule has 0 aliphatic rings. The van der Waals surface area contributed by atoms with Crippen molar-refractivity contribution in [3.63, 3.8) is 0 Å². The van der Waals surface area contributed by atoms with Gasteiger partial charge in [-0.3, -0.25) is 20.9 Å². The van der Waals surface area contributed by atoms with Crippen molar-refractivity contribution in [3.05, 3.63) is 45.4 Å². The van der Waals surface area contributed by atoms with Crippen LogP contribution in [0.3, 0.4) is 0 Å². The highest BCUT2D eigenvalue weighted by atomic mass is 79.9. The number of hydrogen-bond acceptors (Lipinski definition) is 4. The average molecular weight is 352 g/mol. The van der Waals surface area contributed by atoms with Crippen molar-refractivity contribution in [1.29, 1.82) is 0 Å². The van der Waals surface area contributed by atoms with Gasteiger partial charge in [0.05, 0.1) is 21.9 Å². The summed E-state index contributed by atoms with van der Waals surface area (Å²) in [6.07, 6.45) is 3.48. The Balaban J connectivity index is 2.35. The second kappa shape index (κ2) is 7.15. The topological polar surface area (TPSA) is 68.8 Å². The van der Waals surface area contributed by atoms with E-state index in [1.165, 1.54) is 5.69 Å². The number of aromatic nitrogens is 3. The van der Waals surface area contributed by atoms with Crippen LogP contribution in [0.2, 0.25) is 0 Å². The number of nitrogens with one attached hydrogen (secondary N) is 1. The maximum Gasteiger partial charge on any atom is 0.0766 e. The predicted octanol–water partition coefficient (Wildman–Crippen LogP) is 2.68. The number of halogens is 1. The Morgan fingerprint density at radius 2 is 2.19 bits per heavy atom. The lowest BCUT2D eigenvalue weighted by molar-refractivity contribution is 0.512. The van der Waals surface area contributed by atoms with Gasteiger partial charge in [0, 0.05) is 24.9 Å². The summed E-state index contributed by atoms with van der Waals surface area (Å²) in [6.45, 7) is 7.06. The van der Waals surface area contributed by atoms with Gasteiger partial charge in [0.15, 0.2) is 0 Å². The molecule has 5 nitrogen and oxygen atoms in total. The summed E-state index contributed by atoms with van der Waals surface area (Å²) in [6, 6.07) is 4.02. The zero-order chi connectivity index (χ0) is 15.4. The van der Waals surface area contributed by atoms with Crippen molar-refractivity contribution >= 4 is 15.9 Å². The summed E-state index contributed by atoms with van der Waals surface area (Å²) in [7, 11) is 0. The molecule has 2 rings (SSSR count). The Morgan fingerprint density at radius 1 is 1.43 bits per heavy atom. The quantitative estimate of drug-likeness (QED) is 0.620. The second-order valence-corrected chi connectivity index (χ2v) is 5.77. The highest BCUT2D eigenvalue weighted by Gasteiger charge is 2.20. The van der Waals surface area contributed by atoms with Crippen molar-refractivity contribution in [2.45, 2.75) is 46.2 Å². The van der Waals surface area contributed by atoms with Gasteiger partial charge in [-0.25, -0.2) is 0 Å². The Hall–Kier alpha value is -1.24. The van der Waals surface area contributed by atoms with Gasteiger partial charge in [0.2, 0.25) is 0 Å². The Kier molecular flexibility index (Phi) is 5.50. The molecule has 0 amide bonds. The Labute approximate surface area is 134 Å². The van der Waals surface area contributed by atoms with Crippen LogP contribution in [-0.2, 0) is 19.4 Å². The third-order valence-electron chi connectivity index (χ3n) is 3.72. The SMILES string of the molecule is CCc1nn(CC)c(CC(NN)c2cccnc2C)c1Br. The maximum atomic E-state index is 5.78. The van der Waals surface area contributed by atoms with E-state index < -0.39 is 0 Å². The zero-order valence-corrected chi connectivity index (χ0v) is 14.3. The summed E-state index contributed by atoms with van der Waals surface area (Å²) in [4.78, 5) is 4.35. The van der Waals surface area contributed by atoms with Crippen LogP contribution < -0.4 is 11.3 Å². The summed E-state index contributed by atoms with van der Waals surface area (Å²) in [5.41, 5.74) is 7.28. The minimum atomic E-state index is 0.0155. The third kappa shape index (κ3) is 3.33. The Bertz CT molecular complexity index is 608. The zero-order valence-electron chi connectivity index (χ0n) is 12.7. The number of rotatable bonds is 6. The smallest absolute Gasteiger partial charge is 0.0766 e. The molecule has 2 aromatic heterocycles. The molecule has 0 aliphatic carbocycles. The monoisotopic (exact) mass is 351 g/mol. The lowest BCUT2D eigenvalue weighted by Gasteiger charge is -2.18. The molecule has 114 valence electrons. The lowest BCUT2D eigenvalue weighted by atomic mass is 10.0. The van der Waals surface area contributed by atoms with E-state index in [0.29, 0.717) is 0 Å². The fourth-order valence-electron chi connectivity index (χ4n) is 2.53. The fourth-order valence-corrected chi connectivity index (χ4v) is 3.26. The minimum Gasteiger partial charge on any atom is -0.271 e. The van der Waals surface area contributed by atoms with Gasteiger partial charge < -0.3 is 0 Å². The van der Waals surface area contributed by atoms with Crippen LogP contribution in [0.1, 0.15) is 42.5 Å².